The zero-order valence-corrected chi connectivity index (χ0v) is 11.4. The predicted molar refractivity (Wildman–Crippen MR) is 78.7 cm³/mol. The van der Waals surface area contributed by atoms with Crippen molar-refractivity contribution >= 4 is 46.0 Å². The maximum absolute atomic E-state index is 3.55. The quantitative estimate of drug-likeness (QED) is 0.492. The summed E-state index contributed by atoms with van der Waals surface area (Å²) in [7, 11) is 0. The molecule has 1 aliphatic rings. The van der Waals surface area contributed by atoms with Crippen LogP contribution in [0.2, 0.25) is 0 Å². The fourth-order valence-corrected chi connectivity index (χ4v) is 4.72. The van der Waals surface area contributed by atoms with Gasteiger partial charge in [-0.15, -0.1) is 0 Å². The number of nitrogens with one attached hydrogen (secondary N) is 1. The van der Waals surface area contributed by atoms with Crippen LogP contribution in [0.1, 0.15) is 0 Å². The average molecular weight is 296 g/mol. The molecule has 0 fully saturated rings. The molecule has 0 radical (unpaired) electrons. The Labute approximate surface area is 112 Å². The van der Waals surface area contributed by atoms with Gasteiger partial charge in [-0.2, -0.15) is 0 Å². The van der Waals surface area contributed by atoms with Gasteiger partial charge in [0.15, 0.2) is 0 Å². The molecule has 3 aromatic carbocycles. The van der Waals surface area contributed by atoms with E-state index in [1.807, 2.05) is 0 Å². The van der Waals surface area contributed by atoms with Crippen LogP contribution in [0.4, 0.5) is 11.4 Å². The number of fused-ring (bicyclic) bond motifs is 4. The fraction of sp³-hybridized carbons (Fsp3) is 0. The van der Waals surface area contributed by atoms with Crippen LogP contribution in [0.15, 0.2) is 60.7 Å². The van der Waals surface area contributed by atoms with Crippen molar-refractivity contribution in [1.82, 2.24) is 0 Å². The molecule has 2 heteroatoms. The van der Waals surface area contributed by atoms with Gasteiger partial charge >= 0.3 is 112 Å². The standard InChI is InChI=1S/C16H11NSe/c1-2-6-12-11(5-1)9-10-14-16(12)18-15-8-4-3-7-13(15)17-14/h1-10,17H. The van der Waals surface area contributed by atoms with Gasteiger partial charge in [0.1, 0.15) is 0 Å². The molecule has 0 atom stereocenters. The monoisotopic (exact) mass is 297 g/mol. The minimum absolute atomic E-state index is 0.387. The minimum atomic E-state index is 0.387. The third kappa shape index (κ3) is 1.47. The van der Waals surface area contributed by atoms with E-state index in [1.165, 1.54) is 31.1 Å². The van der Waals surface area contributed by atoms with Gasteiger partial charge < -0.3 is 0 Å². The second kappa shape index (κ2) is 3.87. The van der Waals surface area contributed by atoms with E-state index in [-0.39, 0.29) is 0 Å². The van der Waals surface area contributed by atoms with E-state index >= 15 is 0 Å². The van der Waals surface area contributed by atoms with Gasteiger partial charge in [0.05, 0.1) is 0 Å². The molecule has 0 saturated heterocycles. The van der Waals surface area contributed by atoms with Crippen LogP contribution in [0.3, 0.4) is 0 Å². The molecule has 0 unspecified atom stereocenters. The van der Waals surface area contributed by atoms with Crippen molar-refractivity contribution in [2.75, 3.05) is 5.32 Å². The van der Waals surface area contributed by atoms with Crippen LogP contribution in [0.25, 0.3) is 10.8 Å². The topological polar surface area (TPSA) is 12.0 Å². The summed E-state index contributed by atoms with van der Waals surface area (Å²) >= 11 is 0.387. The van der Waals surface area contributed by atoms with E-state index < -0.39 is 0 Å². The van der Waals surface area contributed by atoms with E-state index in [0.29, 0.717) is 15.0 Å². The summed E-state index contributed by atoms with van der Waals surface area (Å²) in [5.74, 6) is 0. The van der Waals surface area contributed by atoms with Crippen molar-refractivity contribution in [3.63, 3.8) is 0 Å². The molecule has 1 nitrogen and oxygen atoms in total. The predicted octanol–water partition coefficient (Wildman–Crippen LogP) is 2.55. The first-order valence-corrected chi connectivity index (χ1v) is 7.69. The molecular formula is C16H11NSe. The van der Waals surface area contributed by atoms with Crippen LogP contribution in [0, 0.1) is 0 Å². The Bertz CT molecular complexity index is 749. The van der Waals surface area contributed by atoms with Gasteiger partial charge in [0.25, 0.3) is 0 Å². The Morgan fingerprint density at radius 3 is 2.56 bits per heavy atom. The zero-order valence-electron chi connectivity index (χ0n) is 9.68. The summed E-state index contributed by atoms with van der Waals surface area (Å²) in [6, 6.07) is 21.7. The van der Waals surface area contributed by atoms with Crippen molar-refractivity contribution < 1.29 is 0 Å². The Balaban J connectivity index is 1.98. The fourth-order valence-electron chi connectivity index (χ4n) is 2.37. The second-order valence-electron chi connectivity index (χ2n) is 4.39. The van der Waals surface area contributed by atoms with E-state index in [4.69, 9.17) is 0 Å². The Kier molecular flexibility index (Phi) is 2.19. The molecule has 1 aliphatic heterocycles. The first-order chi connectivity index (χ1) is 8.92. The SMILES string of the molecule is c1ccc2c(c1)Nc1ccc3ccccc3c1[Se]2. The number of hydrogen-bond donors (Lipinski definition) is 1. The Morgan fingerprint density at radius 2 is 1.56 bits per heavy atom. The van der Waals surface area contributed by atoms with Crippen molar-refractivity contribution in [2.24, 2.45) is 0 Å². The van der Waals surface area contributed by atoms with Crippen LogP contribution in [0.5, 0.6) is 0 Å². The molecule has 86 valence electrons. The normalized spacial score (nSPS) is 12.7. The van der Waals surface area contributed by atoms with E-state index in [9.17, 15) is 0 Å². The van der Waals surface area contributed by atoms with Crippen molar-refractivity contribution in [3.8, 4) is 0 Å². The summed E-state index contributed by atoms with van der Waals surface area (Å²) in [5, 5.41) is 6.27. The number of anilines is 2. The molecule has 0 saturated carbocycles. The van der Waals surface area contributed by atoms with E-state index in [1.54, 1.807) is 0 Å². The maximum atomic E-state index is 3.55. The molecule has 18 heavy (non-hydrogen) atoms. The van der Waals surface area contributed by atoms with Gasteiger partial charge in [-0.05, 0) is 0 Å². The molecule has 0 amide bonds. The van der Waals surface area contributed by atoms with Crippen molar-refractivity contribution in [2.45, 2.75) is 0 Å². The third-order valence-corrected chi connectivity index (χ3v) is 5.81. The van der Waals surface area contributed by atoms with Crippen LogP contribution < -0.4 is 14.2 Å². The molecule has 4 rings (SSSR count). The summed E-state index contributed by atoms with van der Waals surface area (Å²) in [4.78, 5) is 0. The molecule has 0 aliphatic carbocycles. The Morgan fingerprint density at radius 1 is 0.722 bits per heavy atom. The molecule has 3 aromatic rings. The molecule has 0 spiro atoms. The first kappa shape index (κ1) is 10.2. The number of hydrogen-bond acceptors (Lipinski definition) is 1. The number of para-hydroxylation sites is 1. The molecule has 0 bridgehead atoms. The van der Waals surface area contributed by atoms with Crippen molar-refractivity contribution in [3.05, 3.63) is 60.7 Å². The van der Waals surface area contributed by atoms with Crippen LogP contribution in [-0.4, -0.2) is 15.0 Å². The molecule has 1 heterocycles. The molecule has 0 aromatic heterocycles. The summed E-state index contributed by atoms with van der Waals surface area (Å²) in [6.07, 6.45) is 0. The number of rotatable bonds is 0. The van der Waals surface area contributed by atoms with Crippen molar-refractivity contribution in [1.29, 1.82) is 0 Å². The van der Waals surface area contributed by atoms with E-state index in [0.717, 1.165) is 0 Å². The van der Waals surface area contributed by atoms with E-state index in [2.05, 4.69) is 66.0 Å². The summed E-state index contributed by atoms with van der Waals surface area (Å²) < 4.78 is 2.91. The zero-order chi connectivity index (χ0) is 11.9. The summed E-state index contributed by atoms with van der Waals surface area (Å²) in [6.45, 7) is 0. The third-order valence-electron chi connectivity index (χ3n) is 3.25. The van der Waals surface area contributed by atoms with Crippen LogP contribution >= 0.6 is 0 Å². The Hall–Kier alpha value is -1.76. The van der Waals surface area contributed by atoms with Gasteiger partial charge in [-0.1, -0.05) is 0 Å². The first-order valence-electron chi connectivity index (χ1n) is 5.97. The van der Waals surface area contributed by atoms with Gasteiger partial charge in [-0.3, -0.25) is 0 Å². The van der Waals surface area contributed by atoms with Gasteiger partial charge in [0, 0.05) is 0 Å². The number of benzene rings is 3. The average Bonchev–Trinajstić information content (AvgIpc) is 2.45. The second-order valence-corrected chi connectivity index (χ2v) is 6.59. The van der Waals surface area contributed by atoms with Crippen LogP contribution in [-0.2, 0) is 0 Å². The van der Waals surface area contributed by atoms with Gasteiger partial charge in [-0.25, -0.2) is 0 Å². The summed E-state index contributed by atoms with van der Waals surface area (Å²) in [5.41, 5.74) is 2.53. The molecular weight excluding hydrogens is 285 g/mol. The van der Waals surface area contributed by atoms with Gasteiger partial charge in [0.2, 0.25) is 0 Å². The molecule has 1 N–H and O–H groups in total.